The van der Waals surface area contributed by atoms with Crippen molar-refractivity contribution in [1.82, 2.24) is 4.72 Å². The van der Waals surface area contributed by atoms with Crippen LogP contribution in [0.15, 0.2) is 23.1 Å². The summed E-state index contributed by atoms with van der Waals surface area (Å²) in [5.41, 5.74) is 0. The summed E-state index contributed by atoms with van der Waals surface area (Å²) in [7, 11) is -4.09. The van der Waals surface area contributed by atoms with Crippen LogP contribution in [-0.2, 0) is 10.0 Å². The van der Waals surface area contributed by atoms with E-state index >= 15 is 0 Å². The first-order chi connectivity index (χ1) is 8.90. The van der Waals surface area contributed by atoms with Gasteiger partial charge in [0.05, 0.1) is 6.10 Å². The van der Waals surface area contributed by atoms with Gasteiger partial charge in [0.2, 0.25) is 10.0 Å². The van der Waals surface area contributed by atoms with Gasteiger partial charge < -0.3 is 5.11 Å². The van der Waals surface area contributed by atoms with Crippen LogP contribution in [0.5, 0.6) is 0 Å². The number of halogens is 2. The molecule has 2 rings (SSSR count). The van der Waals surface area contributed by atoms with Crippen LogP contribution >= 0.6 is 0 Å². The summed E-state index contributed by atoms with van der Waals surface area (Å²) in [6, 6.07) is 1.66. The van der Waals surface area contributed by atoms with E-state index in [0.29, 0.717) is 18.9 Å². The average Bonchev–Trinajstić information content (AvgIpc) is 2.31. The minimum atomic E-state index is -4.09. The van der Waals surface area contributed by atoms with Gasteiger partial charge in [0.15, 0.2) is 0 Å². The summed E-state index contributed by atoms with van der Waals surface area (Å²) in [6.07, 6.45) is 1.88. The molecule has 19 heavy (non-hydrogen) atoms. The highest BCUT2D eigenvalue weighted by molar-refractivity contribution is 7.89. The number of aliphatic hydroxyl groups is 1. The molecule has 4 nitrogen and oxygen atoms in total. The maximum Gasteiger partial charge on any atom is 0.243 e. The first-order valence-electron chi connectivity index (χ1n) is 6.05. The van der Waals surface area contributed by atoms with Crippen LogP contribution in [0, 0.1) is 11.6 Å². The topological polar surface area (TPSA) is 66.4 Å². The summed E-state index contributed by atoms with van der Waals surface area (Å²) >= 11 is 0. The average molecular weight is 291 g/mol. The van der Waals surface area contributed by atoms with Gasteiger partial charge in [-0.25, -0.2) is 21.9 Å². The summed E-state index contributed by atoms with van der Waals surface area (Å²) in [5.74, 6) is -1.98. The highest BCUT2D eigenvalue weighted by Gasteiger charge is 2.29. The monoisotopic (exact) mass is 291 g/mol. The molecule has 2 N–H and O–H groups in total. The Bertz CT molecular complexity index is 562. The van der Waals surface area contributed by atoms with Crippen molar-refractivity contribution in [2.75, 3.05) is 0 Å². The number of benzene rings is 1. The zero-order valence-electron chi connectivity index (χ0n) is 10.1. The lowest BCUT2D eigenvalue weighted by Gasteiger charge is -2.28. The molecule has 0 radical (unpaired) electrons. The van der Waals surface area contributed by atoms with Crippen molar-refractivity contribution in [3.63, 3.8) is 0 Å². The fourth-order valence-corrected chi connectivity index (χ4v) is 3.57. The van der Waals surface area contributed by atoms with Crippen LogP contribution < -0.4 is 4.72 Å². The van der Waals surface area contributed by atoms with E-state index < -0.39 is 38.7 Å². The molecule has 0 saturated heterocycles. The molecule has 0 amide bonds. The van der Waals surface area contributed by atoms with E-state index in [1.807, 2.05) is 0 Å². The minimum Gasteiger partial charge on any atom is -0.391 e. The summed E-state index contributed by atoms with van der Waals surface area (Å²) < 4.78 is 52.5. The normalized spacial score (nSPS) is 24.4. The molecule has 1 aliphatic rings. The fraction of sp³-hybridized carbons (Fsp3) is 0.500. The molecule has 1 aromatic rings. The molecule has 1 fully saturated rings. The Hall–Kier alpha value is -1.05. The van der Waals surface area contributed by atoms with Crippen LogP contribution in [0.3, 0.4) is 0 Å². The zero-order valence-corrected chi connectivity index (χ0v) is 11.0. The fourth-order valence-electron chi connectivity index (χ4n) is 2.20. The van der Waals surface area contributed by atoms with Crippen LogP contribution in [0.4, 0.5) is 8.78 Å². The van der Waals surface area contributed by atoms with E-state index in [4.69, 9.17) is 0 Å². The Morgan fingerprint density at radius 2 is 1.89 bits per heavy atom. The quantitative estimate of drug-likeness (QED) is 0.888. The first kappa shape index (κ1) is 14.4. The van der Waals surface area contributed by atoms with E-state index in [1.54, 1.807) is 0 Å². The van der Waals surface area contributed by atoms with E-state index in [-0.39, 0.29) is 0 Å². The molecular formula is C12H15F2NO3S. The van der Waals surface area contributed by atoms with Gasteiger partial charge >= 0.3 is 0 Å². The second-order valence-electron chi connectivity index (χ2n) is 4.65. The van der Waals surface area contributed by atoms with E-state index in [1.165, 1.54) is 0 Å². The molecule has 0 spiro atoms. The predicted octanol–water partition coefficient (Wildman–Crippen LogP) is 1.55. The molecule has 2 atom stereocenters. The summed E-state index contributed by atoms with van der Waals surface area (Å²) in [4.78, 5) is -0.605. The largest absolute Gasteiger partial charge is 0.391 e. The van der Waals surface area contributed by atoms with E-state index in [9.17, 15) is 22.3 Å². The molecular weight excluding hydrogens is 276 g/mol. The maximum atomic E-state index is 13.5. The Kier molecular flexibility index (Phi) is 4.17. The van der Waals surface area contributed by atoms with Crippen molar-refractivity contribution in [2.45, 2.75) is 42.7 Å². The second kappa shape index (κ2) is 5.52. The molecule has 0 aliphatic heterocycles. The lowest BCUT2D eigenvalue weighted by Crippen LogP contribution is -2.45. The van der Waals surface area contributed by atoms with Crippen LogP contribution in [-0.4, -0.2) is 25.7 Å². The van der Waals surface area contributed by atoms with Crippen molar-refractivity contribution >= 4 is 10.0 Å². The highest BCUT2D eigenvalue weighted by Crippen LogP contribution is 2.22. The number of nitrogens with one attached hydrogen (secondary N) is 1. The van der Waals surface area contributed by atoms with Gasteiger partial charge in [0.1, 0.15) is 16.5 Å². The number of hydrogen-bond acceptors (Lipinski definition) is 3. The lowest BCUT2D eigenvalue weighted by atomic mass is 9.93. The van der Waals surface area contributed by atoms with Crippen molar-refractivity contribution in [3.05, 3.63) is 29.8 Å². The molecule has 0 heterocycles. The molecule has 0 bridgehead atoms. The number of hydrogen-bond donors (Lipinski definition) is 2. The van der Waals surface area contributed by atoms with Gasteiger partial charge in [-0.05, 0) is 25.0 Å². The standard InChI is InChI=1S/C12H15F2NO3S/c13-8-5-6-12(9(14)7-8)19(17,18)15-10-3-1-2-4-11(10)16/h5-7,10-11,15-16H,1-4H2. The summed E-state index contributed by atoms with van der Waals surface area (Å²) in [6.45, 7) is 0. The Balaban J connectivity index is 2.22. The van der Waals surface area contributed by atoms with Gasteiger partial charge in [-0.1, -0.05) is 12.8 Å². The third-order valence-electron chi connectivity index (χ3n) is 3.22. The molecule has 1 aliphatic carbocycles. The molecule has 7 heteroatoms. The Labute approximate surface area is 110 Å². The minimum absolute atomic E-state index is 0.503. The van der Waals surface area contributed by atoms with Crippen LogP contribution in [0.1, 0.15) is 25.7 Å². The maximum absolute atomic E-state index is 13.5. The molecule has 1 saturated carbocycles. The molecule has 106 valence electrons. The number of sulfonamides is 1. The van der Waals surface area contributed by atoms with Crippen molar-refractivity contribution in [2.24, 2.45) is 0 Å². The van der Waals surface area contributed by atoms with Crippen molar-refractivity contribution in [3.8, 4) is 0 Å². The SMILES string of the molecule is O=S(=O)(NC1CCCCC1O)c1ccc(F)cc1F. The third kappa shape index (κ3) is 3.29. The van der Waals surface area contributed by atoms with Gasteiger partial charge in [0, 0.05) is 12.1 Å². The molecule has 1 aromatic carbocycles. The van der Waals surface area contributed by atoms with E-state index in [2.05, 4.69) is 4.72 Å². The van der Waals surface area contributed by atoms with Gasteiger partial charge in [0.25, 0.3) is 0 Å². The van der Waals surface area contributed by atoms with Gasteiger partial charge in [-0.3, -0.25) is 0 Å². The van der Waals surface area contributed by atoms with Crippen LogP contribution in [0.2, 0.25) is 0 Å². The van der Waals surface area contributed by atoms with Crippen LogP contribution in [0.25, 0.3) is 0 Å². The Morgan fingerprint density at radius 1 is 1.21 bits per heavy atom. The smallest absolute Gasteiger partial charge is 0.243 e. The van der Waals surface area contributed by atoms with Crippen molar-refractivity contribution < 1.29 is 22.3 Å². The number of rotatable bonds is 3. The third-order valence-corrected chi connectivity index (χ3v) is 4.74. The zero-order chi connectivity index (χ0) is 14.0. The van der Waals surface area contributed by atoms with Gasteiger partial charge in [-0.15, -0.1) is 0 Å². The predicted molar refractivity (Wildman–Crippen MR) is 64.9 cm³/mol. The lowest BCUT2D eigenvalue weighted by molar-refractivity contribution is 0.101. The molecule has 2 unspecified atom stereocenters. The van der Waals surface area contributed by atoms with Gasteiger partial charge in [-0.2, -0.15) is 0 Å². The Morgan fingerprint density at radius 3 is 2.53 bits per heavy atom. The molecule has 0 aromatic heterocycles. The number of aliphatic hydroxyl groups excluding tert-OH is 1. The first-order valence-corrected chi connectivity index (χ1v) is 7.54. The van der Waals surface area contributed by atoms with E-state index in [0.717, 1.165) is 25.0 Å². The second-order valence-corrected chi connectivity index (χ2v) is 6.34. The summed E-state index contributed by atoms with van der Waals surface area (Å²) in [5, 5.41) is 9.71. The van der Waals surface area contributed by atoms with Crippen molar-refractivity contribution in [1.29, 1.82) is 0 Å². The highest BCUT2D eigenvalue weighted by atomic mass is 32.2.